The molecule has 1 aliphatic heterocycles. The molecule has 1 atom stereocenters. The van der Waals surface area contributed by atoms with Crippen LogP contribution in [0.2, 0.25) is 0 Å². The van der Waals surface area contributed by atoms with Crippen molar-refractivity contribution in [2.75, 3.05) is 10.7 Å². The molecule has 0 aliphatic carbocycles. The minimum atomic E-state index is -0.492. The molecule has 1 rings (SSSR count). The summed E-state index contributed by atoms with van der Waals surface area (Å²) in [4.78, 5) is 0.950. The van der Waals surface area contributed by atoms with Crippen LogP contribution in [0.3, 0.4) is 0 Å². The number of hydrogen-bond acceptors (Lipinski definition) is 2. The Morgan fingerprint density at radius 2 is 1.73 bits per heavy atom. The molecule has 8 heteroatoms. The number of allylic oxidation sites excluding steroid dienone is 1. The first kappa shape index (κ1) is 16.0. The van der Waals surface area contributed by atoms with Crippen LogP contribution >= 0.6 is 107 Å². The van der Waals surface area contributed by atoms with Gasteiger partial charge >= 0.3 is 0 Å². The van der Waals surface area contributed by atoms with Gasteiger partial charge in [-0.05, 0) is 5.57 Å². The molecule has 0 fully saturated rings. The minimum Gasteiger partial charge on any atom is -0.387 e. The molecule has 1 unspecified atom stereocenters. The van der Waals surface area contributed by atoms with Crippen molar-refractivity contribution in [3.8, 4) is 0 Å². The third-order valence-electron chi connectivity index (χ3n) is 1.86. The van der Waals surface area contributed by atoms with E-state index < -0.39 is 11.9 Å². The van der Waals surface area contributed by atoms with Gasteiger partial charge < -0.3 is 5.11 Å². The van der Waals surface area contributed by atoms with Crippen molar-refractivity contribution in [3.63, 3.8) is 0 Å². The van der Waals surface area contributed by atoms with E-state index in [-0.39, 0.29) is 0 Å². The summed E-state index contributed by atoms with van der Waals surface area (Å²) in [7, 11) is 0. The lowest BCUT2D eigenvalue weighted by molar-refractivity contribution is 0.245. The third kappa shape index (κ3) is 3.09. The van der Waals surface area contributed by atoms with Gasteiger partial charge in [-0.3, -0.25) is 0 Å². The van der Waals surface area contributed by atoms with Gasteiger partial charge in [0.15, 0.2) is 2.57 Å². The number of aliphatic hydroxyl groups excluding tert-OH is 1. The van der Waals surface area contributed by atoms with E-state index in [1.54, 1.807) is 11.8 Å². The van der Waals surface area contributed by atoms with Crippen LogP contribution in [0.5, 0.6) is 0 Å². The van der Waals surface area contributed by atoms with Gasteiger partial charge in [-0.25, -0.2) is 0 Å². The summed E-state index contributed by atoms with van der Waals surface area (Å²) < 4.78 is -0.811. The molecule has 1 heterocycles. The summed E-state index contributed by atoms with van der Waals surface area (Å²) in [5.74, 6) is 0. The van der Waals surface area contributed by atoms with E-state index in [0.29, 0.717) is 10.7 Å². The topological polar surface area (TPSA) is 20.2 Å². The van der Waals surface area contributed by atoms with Crippen molar-refractivity contribution in [3.05, 3.63) is 10.5 Å². The quantitative estimate of drug-likeness (QED) is 0.447. The molecule has 1 nitrogen and oxygen atoms in total. The zero-order valence-electron chi connectivity index (χ0n) is 7.11. The maximum Gasteiger partial charge on any atom is 0.158 e. The summed E-state index contributed by atoms with van der Waals surface area (Å²) in [5, 5.41) is 11.1. The van der Waals surface area contributed by atoms with Gasteiger partial charge in [0.25, 0.3) is 0 Å². The average Bonchev–Trinajstić information content (AvgIpc) is 2.32. The normalized spacial score (nSPS) is 25.8. The van der Waals surface area contributed by atoms with Crippen LogP contribution in [0.25, 0.3) is 0 Å². The monoisotopic (exact) mass is 612 g/mol. The van der Waals surface area contributed by atoms with E-state index in [4.69, 9.17) is 0 Å². The highest BCUT2D eigenvalue weighted by atomic mass is 79.9. The second-order valence-corrected chi connectivity index (χ2v) is 13.2. The predicted molar refractivity (Wildman–Crippen MR) is 89.4 cm³/mol. The summed E-state index contributed by atoms with van der Waals surface area (Å²) in [5.41, 5.74) is 1.08. The molecule has 15 heavy (non-hydrogen) atoms. The zero-order chi connectivity index (χ0) is 11.9. The average molecular weight is 618 g/mol. The second kappa shape index (κ2) is 5.92. The third-order valence-corrected chi connectivity index (χ3v) is 11.3. The van der Waals surface area contributed by atoms with Crippen molar-refractivity contribution in [2.24, 2.45) is 0 Å². The fourth-order valence-corrected chi connectivity index (χ4v) is 7.36. The Balaban J connectivity index is 3.14. The lowest BCUT2D eigenvalue weighted by atomic mass is 10.2. The van der Waals surface area contributed by atoms with Gasteiger partial charge in [0.1, 0.15) is 3.23 Å². The van der Waals surface area contributed by atoms with Crippen LogP contribution in [-0.4, -0.2) is 27.7 Å². The van der Waals surface area contributed by atoms with Gasteiger partial charge in [0, 0.05) is 15.6 Å². The molecule has 0 radical (unpaired) electrons. The van der Waals surface area contributed by atoms with E-state index >= 15 is 0 Å². The first-order chi connectivity index (χ1) is 6.78. The number of thioether (sulfide) groups is 1. The lowest BCUT2D eigenvalue weighted by Crippen LogP contribution is -2.29. The van der Waals surface area contributed by atoms with E-state index in [2.05, 4.69) is 95.6 Å². The van der Waals surface area contributed by atoms with Crippen LogP contribution in [-0.2, 0) is 0 Å². The molecule has 0 spiro atoms. The molecule has 0 amide bonds. The van der Waals surface area contributed by atoms with E-state index in [1.807, 2.05) is 0 Å². The Morgan fingerprint density at radius 3 is 2.13 bits per heavy atom. The van der Waals surface area contributed by atoms with E-state index in [9.17, 15) is 5.11 Å². The standard InChI is InChI=1S/C7H6Br6OS/c8-1-3-5(4(14)2-9)15-7(12,13)6(3,10)11/h4,14H,1-2H2. The largest absolute Gasteiger partial charge is 0.387 e. The van der Waals surface area contributed by atoms with Gasteiger partial charge in [-0.1, -0.05) is 107 Å². The molecule has 0 aromatic heterocycles. The molecule has 88 valence electrons. The minimum absolute atomic E-state index is 0.394. The highest BCUT2D eigenvalue weighted by Crippen LogP contribution is 2.67. The molecule has 0 saturated carbocycles. The first-order valence-corrected chi connectivity index (χ1v) is 9.99. The number of halogens is 6. The van der Waals surface area contributed by atoms with Crippen molar-refractivity contribution < 1.29 is 5.11 Å². The number of rotatable bonds is 3. The lowest BCUT2D eigenvalue weighted by Gasteiger charge is -2.28. The van der Waals surface area contributed by atoms with Gasteiger partial charge in [0.05, 0.1) is 6.10 Å². The van der Waals surface area contributed by atoms with Crippen LogP contribution in [0.15, 0.2) is 10.5 Å². The Kier molecular flexibility index (Phi) is 6.31. The van der Waals surface area contributed by atoms with Crippen molar-refractivity contribution in [1.82, 2.24) is 0 Å². The van der Waals surface area contributed by atoms with Gasteiger partial charge in [-0.2, -0.15) is 0 Å². The molecule has 1 N–H and O–H groups in total. The van der Waals surface area contributed by atoms with E-state index in [1.165, 1.54) is 0 Å². The fourth-order valence-electron chi connectivity index (χ4n) is 1.08. The molecule has 0 aromatic rings. The Bertz CT molecular complexity index is 289. The SMILES string of the molecule is OC(CBr)C1=C(CBr)C(Br)(Br)C(Br)(Br)S1. The molecule has 0 bridgehead atoms. The molecular formula is C7H6Br6OS. The Labute approximate surface area is 143 Å². The van der Waals surface area contributed by atoms with Gasteiger partial charge in [0.2, 0.25) is 0 Å². The predicted octanol–water partition coefficient (Wildman–Crippen LogP) is 5.07. The van der Waals surface area contributed by atoms with Crippen LogP contribution in [0.4, 0.5) is 0 Å². The highest BCUT2D eigenvalue weighted by molar-refractivity contribution is 9.32. The maximum atomic E-state index is 9.89. The summed E-state index contributed by atoms with van der Waals surface area (Å²) >= 11 is 22.7. The number of hydrogen-bond donors (Lipinski definition) is 1. The molecular weight excluding hydrogens is 612 g/mol. The Morgan fingerprint density at radius 1 is 1.20 bits per heavy atom. The smallest absolute Gasteiger partial charge is 0.158 e. The highest BCUT2D eigenvalue weighted by Gasteiger charge is 2.55. The number of alkyl halides is 6. The second-order valence-electron chi connectivity index (χ2n) is 2.84. The zero-order valence-corrected chi connectivity index (χ0v) is 17.4. The van der Waals surface area contributed by atoms with Crippen LogP contribution < -0.4 is 0 Å². The van der Waals surface area contributed by atoms with Crippen molar-refractivity contribution >= 4 is 107 Å². The summed E-state index contributed by atoms with van der Waals surface area (Å²) in [6.45, 7) is 0. The van der Waals surface area contributed by atoms with E-state index in [0.717, 1.165) is 10.5 Å². The summed E-state index contributed by atoms with van der Waals surface area (Å²) in [6, 6.07) is 0. The van der Waals surface area contributed by atoms with Crippen LogP contribution in [0, 0.1) is 0 Å². The molecule has 1 aliphatic rings. The number of aliphatic hydroxyl groups is 1. The Hall–Kier alpha value is 2.93. The fraction of sp³-hybridized carbons (Fsp3) is 0.714. The summed E-state index contributed by atoms with van der Waals surface area (Å²) in [6.07, 6.45) is -0.492. The maximum absolute atomic E-state index is 9.89. The van der Waals surface area contributed by atoms with Crippen molar-refractivity contribution in [2.45, 2.75) is 11.9 Å². The molecule has 0 aromatic carbocycles. The first-order valence-electron chi connectivity index (χ1n) is 3.76. The van der Waals surface area contributed by atoms with Crippen molar-refractivity contribution in [1.29, 1.82) is 0 Å². The molecule has 0 saturated heterocycles. The van der Waals surface area contributed by atoms with Crippen LogP contribution in [0.1, 0.15) is 0 Å². The van der Waals surface area contributed by atoms with Gasteiger partial charge in [-0.15, -0.1) is 0 Å².